The smallest absolute Gasteiger partial charge is 0.416 e. The van der Waals surface area contributed by atoms with E-state index in [0.29, 0.717) is 58.1 Å². The van der Waals surface area contributed by atoms with E-state index in [1.54, 1.807) is 19.1 Å². The van der Waals surface area contributed by atoms with Crippen molar-refractivity contribution in [3.63, 3.8) is 0 Å². The zero-order valence-corrected chi connectivity index (χ0v) is 24.4. The van der Waals surface area contributed by atoms with Crippen LogP contribution in [0.4, 0.5) is 18.9 Å². The summed E-state index contributed by atoms with van der Waals surface area (Å²) in [6.07, 6.45) is -1.11. The maximum Gasteiger partial charge on any atom is 0.416 e. The predicted molar refractivity (Wildman–Crippen MR) is 151 cm³/mol. The van der Waals surface area contributed by atoms with Gasteiger partial charge in [0.25, 0.3) is 0 Å². The average Bonchev–Trinajstić information content (AvgIpc) is 2.91. The number of rotatable bonds is 6. The third kappa shape index (κ3) is 5.33. The van der Waals surface area contributed by atoms with Crippen molar-refractivity contribution in [2.75, 3.05) is 13.7 Å². The van der Waals surface area contributed by atoms with E-state index in [-0.39, 0.29) is 35.4 Å². The standard InChI is InChI=1S/C29H26F3IN2O6/c1-3-40-24-13-15(12-17(33)28(24)41-23-11-10-16(29(30,31)32)14-20(23)35(38)39)25-26-18(6-4-8-21(26)36)34(2)19-7-5-9-22(37)27(19)25/h10-14,25H,3-9H2,1-2H3. The Morgan fingerprint density at radius 1 is 1.00 bits per heavy atom. The molecule has 0 radical (unpaired) electrons. The van der Waals surface area contributed by atoms with E-state index in [1.165, 1.54) is 0 Å². The molecule has 0 bridgehead atoms. The summed E-state index contributed by atoms with van der Waals surface area (Å²) in [5, 5.41) is 11.7. The average molecular weight is 682 g/mol. The van der Waals surface area contributed by atoms with Crippen LogP contribution in [-0.2, 0) is 15.8 Å². The van der Waals surface area contributed by atoms with Gasteiger partial charge in [-0.05, 0) is 85.0 Å². The molecule has 0 amide bonds. The molecule has 12 heteroatoms. The molecule has 3 aliphatic rings. The van der Waals surface area contributed by atoms with Gasteiger partial charge in [-0.25, -0.2) is 0 Å². The SMILES string of the molecule is CCOc1cc(C2C3=C(CCCC3=O)N(C)C3=C2C(=O)CCC3)cc(I)c1Oc1ccc(C(F)(F)F)cc1[N+](=O)[O-]. The summed E-state index contributed by atoms with van der Waals surface area (Å²) in [4.78, 5) is 39.4. The fourth-order valence-corrected chi connectivity index (χ4v) is 6.57. The molecule has 0 aromatic heterocycles. The van der Waals surface area contributed by atoms with Crippen LogP contribution in [0.2, 0.25) is 0 Å². The summed E-state index contributed by atoms with van der Waals surface area (Å²) in [7, 11) is 1.90. The number of hydrogen-bond acceptors (Lipinski definition) is 7. The van der Waals surface area contributed by atoms with Crippen LogP contribution in [0, 0.1) is 13.7 Å². The van der Waals surface area contributed by atoms with E-state index in [0.717, 1.165) is 30.3 Å². The van der Waals surface area contributed by atoms with Gasteiger partial charge in [-0.15, -0.1) is 0 Å². The van der Waals surface area contributed by atoms with Crippen LogP contribution in [0.1, 0.15) is 62.5 Å². The van der Waals surface area contributed by atoms with Gasteiger partial charge in [0, 0.05) is 54.4 Å². The quantitative estimate of drug-likeness (QED) is 0.177. The van der Waals surface area contributed by atoms with Gasteiger partial charge in [0.15, 0.2) is 23.1 Å². The third-order valence-electron chi connectivity index (χ3n) is 7.60. The van der Waals surface area contributed by atoms with E-state index in [1.807, 2.05) is 34.5 Å². The molecule has 0 saturated heterocycles. The molecule has 0 fully saturated rings. The number of Topliss-reactive ketones (excluding diaryl/α,β-unsaturated/α-hetero) is 2. The molecule has 1 heterocycles. The van der Waals surface area contributed by atoms with Crippen LogP contribution in [0.3, 0.4) is 0 Å². The highest BCUT2D eigenvalue weighted by molar-refractivity contribution is 14.1. The van der Waals surface area contributed by atoms with Gasteiger partial charge in [0.1, 0.15) is 0 Å². The second-order valence-electron chi connectivity index (χ2n) is 10.1. The van der Waals surface area contributed by atoms with Crippen LogP contribution in [0.25, 0.3) is 0 Å². The number of ether oxygens (including phenoxy) is 2. The highest BCUT2D eigenvalue weighted by Crippen LogP contribution is 2.51. The lowest BCUT2D eigenvalue weighted by molar-refractivity contribution is -0.385. The Morgan fingerprint density at radius 2 is 1.61 bits per heavy atom. The number of halogens is 4. The van der Waals surface area contributed by atoms with Gasteiger partial charge in [-0.3, -0.25) is 19.7 Å². The largest absolute Gasteiger partial charge is 0.490 e. The van der Waals surface area contributed by atoms with Crippen molar-refractivity contribution in [2.45, 2.75) is 57.5 Å². The molecule has 2 aromatic rings. The van der Waals surface area contributed by atoms with Crippen molar-refractivity contribution < 1.29 is 37.2 Å². The molecule has 0 spiro atoms. The second kappa shape index (κ2) is 11.1. The maximum atomic E-state index is 13.3. The lowest BCUT2D eigenvalue weighted by Crippen LogP contribution is -2.37. The molecule has 5 rings (SSSR count). The van der Waals surface area contributed by atoms with Gasteiger partial charge in [-0.1, -0.05) is 0 Å². The van der Waals surface area contributed by atoms with Crippen molar-refractivity contribution in [3.05, 3.63) is 77.7 Å². The monoisotopic (exact) mass is 682 g/mol. The Hall–Kier alpha value is -3.42. The summed E-state index contributed by atoms with van der Waals surface area (Å²) in [5.41, 5.74) is 1.64. The number of allylic oxidation sites excluding steroid dienone is 4. The molecular formula is C29H26F3IN2O6. The Kier molecular flexibility index (Phi) is 7.88. The van der Waals surface area contributed by atoms with Crippen LogP contribution >= 0.6 is 22.6 Å². The first-order valence-electron chi connectivity index (χ1n) is 13.2. The highest BCUT2D eigenvalue weighted by atomic mass is 127. The van der Waals surface area contributed by atoms with Crippen molar-refractivity contribution in [2.24, 2.45) is 0 Å². The van der Waals surface area contributed by atoms with Gasteiger partial charge in [0.05, 0.1) is 20.7 Å². The number of nitro groups is 1. The Morgan fingerprint density at radius 3 is 2.15 bits per heavy atom. The Balaban J connectivity index is 1.64. The minimum Gasteiger partial charge on any atom is -0.490 e. The number of nitrogens with zero attached hydrogens (tertiary/aromatic N) is 2. The van der Waals surface area contributed by atoms with E-state index >= 15 is 0 Å². The van der Waals surface area contributed by atoms with Gasteiger partial charge in [-0.2, -0.15) is 13.2 Å². The summed E-state index contributed by atoms with van der Waals surface area (Å²) >= 11 is 1.97. The van der Waals surface area contributed by atoms with Crippen molar-refractivity contribution >= 4 is 39.8 Å². The molecule has 0 N–H and O–H groups in total. The number of hydrogen-bond donors (Lipinski definition) is 0. The number of ketones is 2. The molecule has 0 saturated carbocycles. The lowest BCUT2D eigenvalue weighted by Gasteiger charge is -2.42. The predicted octanol–water partition coefficient (Wildman–Crippen LogP) is 7.45. The molecule has 2 aromatic carbocycles. The van der Waals surface area contributed by atoms with Gasteiger partial charge < -0.3 is 14.4 Å². The fourth-order valence-electron chi connectivity index (χ4n) is 5.84. The molecule has 1 aliphatic heterocycles. The minimum absolute atomic E-state index is 0.0123. The second-order valence-corrected chi connectivity index (χ2v) is 11.2. The number of alkyl halides is 3. The number of carbonyl (C=O) groups is 2. The number of nitro benzene ring substituents is 1. The van der Waals surface area contributed by atoms with E-state index in [2.05, 4.69) is 0 Å². The lowest BCUT2D eigenvalue weighted by atomic mass is 9.71. The van der Waals surface area contributed by atoms with Crippen LogP contribution in [0.15, 0.2) is 52.9 Å². The fraction of sp³-hybridized carbons (Fsp3) is 0.379. The van der Waals surface area contributed by atoms with Crippen LogP contribution in [-0.4, -0.2) is 35.0 Å². The first-order valence-corrected chi connectivity index (χ1v) is 14.3. The van der Waals surface area contributed by atoms with Crippen molar-refractivity contribution in [1.82, 2.24) is 4.90 Å². The first-order chi connectivity index (χ1) is 19.4. The number of carbonyl (C=O) groups excluding carboxylic acids is 2. The van der Waals surface area contributed by atoms with Gasteiger partial charge >= 0.3 is 11.9 Å². The highest BCUT2D eigenvalue weighted by Gasteiger charge is 2.43. The first kappa shape index (κ1) is 29.1. The summed E-state index contributed by atoms with van der Waals surface area (Å²) in [5.74, 6) is -0.727. The van der Waals surface area contributed by atoms with Crippen molar-refractivity contribution in [3.8, 4) is 17.2 Å². The summed E-state index contributed by atoms with van der Waals surface area (Å²) in [6, 6.07) is 5.46. The van der Waals surface area contributed by atoms with E-state index in [4.69, 9.17) is 9.47 Å². The molecule has 2 aliphatic carbocycles. The Bertz CT molecular complexity index is 1490. The topological polar surface area (TPSA) is 99.0 Å². The zero-order valence-electron chi connectivity index (χ0n) is 22.3. The number of benzene rings is 2. The van der Waals surface area contributed by atoms with Crippen LogP contribution < -0.4 is 9.47 Å². The minimum atomic E-state index is -4.77. The van der Waals surface area contributed by atoms with Crippen molar-refractivity contribution in [1.29, 1.82) is 0 Å². The normalized spacial score (nSPS) is 18.0. The zero-order chi connectivity index (χ0) is 29.6. The maximum absolute atomic E-state index is 13.3. The third-order valence-corrected chi connectivity index (χ3v) is 8.41. The molecule has 216 valence electrons. The van der Waals surface area contributed by atoms with Crippen LogP contribution in [0.5, 0.6) is 17.2 Å². The molecule has 0 atom stereocenters. The summed E-state index contributed by atoms with van der Waals surface area (Å²) in [6.45, 7) is 1.92. The molecule has 0 unspecified atom stereocenters. The Labute approximate surface area is 247 Å². The van der Waals surface area contributed by atoms with Gasteiger partial charge in [0.2, 0.25) is 5.75 Å². The van der Waals surface area contributed by atoms with E-state index in [9.17, 15) is 32.9 Å². The molecule has 41 heavy (non-hydrogen) atoms. The summed E-state index contributed by atoms with van der Waals surface area (Å²) < 4.78 is 51.8. The molecule has 8 nitrogen and oxygen atoms in total. The van der Waals surface area contributed by atoms with E-state index < -0.39 is 28.3 Å². The molecular weight excluding hydrogens is 656 g/mol.